The van der Waals surface area contributed by atoms with Crippen LogP contribution in [-0.4, -0.2) is 28.6 Å². The zero-order chi connectivity index (χ0) is 12.3. The molecule has 1 saturated carbocycles. The smallest absolute Gasteiger partial charge is 0.252 e. The summed E-state index contributed by atoms with van der Waals surface area (Å²) in [6.45, 7) is 0.578. The van der Waals surface area contributed by atoms with E-state index >= 15 is 0 Å². The molecule has 2 atom stereocenters. The van der Waals surface area contributed by atoms with Gasteiger partial charge in [0.15, 0.2) is 0 Å². The summed E-state index contributed by atoms with van der Waals surface area (Å²) in [6, 6.07) is 2.83. The molecule has 1 aromatic rings. The van der Waals surface area contributed by atoms with Crippen molar-refractivity contribution >= 4 is 5.91 Å². The number of aromatic amines is 1. The van der Waals surface area contributed by atoms with Gasteiger partial charge in [0.1, 0.15) is 0 Å². The third kappa shape index (κ3) is 3.17. The van der Waals surface area contributed by atoms with Crippen LogP contribution in [0.2, 0.25) is 0 Å². The van der Waals surface area contributed by atoms with E-state index in [1.807, 2.05) is 0 Å². The predicted octanol–water partition coefficient (Wildman–Crippen LogP) is 0.266. The van der Waals surface area contributed by atoms with Crippen LogP contribution in [0.25, 0.3) is 0 Å². The summed E-state index contributed by atoms with van der Waals surface area (Å²) in [4.78, 5) is 25.0. The topological polar surface area (TPSA) is 82.2 Å². The lowest BCUT2D eigenvalue weighted by Gasteiger charge is -2.10. The van der Waals surface area contributed by atoms with E-state index in [1.54, 1.807) is 0 Å². The molecule has 1 fully saturated rings. The number of carbonyl (C=O) groups excluding carboxylic acids is 1. The molecule has 0 aliphatic heterocycles. The fourth-order valence-corrected chi connectivity index (χ4v) is 2.12. The lowest BCUT2D eigenvalue weighted by molar-refractivity contribution is 0.0944. The fraction of sp³-hybridized carbons (Fsp3) is 0.500. The first-order valence-electron chi connectivity index (χ1n) is 5.80. The number of aliphatic hydroxyl groups excluding tert-OH is 1. The van der Waals surface area contributed by atoms with E-state index in [9.17, 15) is 14.7 Å². The maximum absolute atomic E-state index is 11.7. The van der Waals surface area contributed by atoms with Crippen LogP contribution in [0, 0.1) is 5.92 Å². The van der Waals surface area contributed by atoms with Crippen molar-refractivity contribution in [2.24, 2.45) is 5.92 Å². The molecule has 0 saturated heterocycles. The Morgan fingerprint density at radius 2 is 2.29 bits per heavy atom. The average molecular weight is 236 g/mol. The molecule has 1 amide bonds. The zero-order valence-corrected chi connectivity index (χ0v) is 9.48. The van der Waals surface area contributed by atoms with Gasteiger partial charge < -0.3 is 15.4 Å². The number of H-pyrrole nitrogens is 1. The van der Waals surface area contributed by atoms with Crippen LogP contribution >= 0.6 is 0 Å². The van der Waals surface area contributed by atoms with E-state index in [2.05, 4.69) is 10.3 Å². The Balaban J connectivity index is 1.85. The second-order valence-corrected chi connectivity index (χ2v) is 4.48. The standard InChI is InChI=1S/C12H16N2O3/c15-10-3-1-8(5-10)6-14-12(17)9-2-4-11(16)13-7-9/h2,4,7-8,10,15H,1,3,5-6H2,(H,13,16)(H,14,17). The van der Waals surface area contributed by atoms with Crippen LogP contribution in [-0.2, 0) is 0 Å². The summed E-state index contributed by atoms with van der Waals surface area (Å²) in [5.41, 5.74) is 0.226. The van der Waals surface area contributed by atoms with Crippen molar-refractivity contribution < 1.29 is 9.90 Å². The molecule has 5 nitrogen and oxygen atoms in total. The number of nitrogens with one attached hydrogen (secondary N) is 2. The Kier molecular flexibility index (Phi) is 3.58. The van der Waals surface area contributed by atoms with Gasteiger partial charge in [-0.25, -0.2) is 0 Å². The van der Waals surface area contributed by atoms with Crippen molar-refractivity contribution in [2.75, 3.05) is 6.54 Å². The number of rotatable bonds is 3. The molecule has 0 aromatic carbocycles. The molecular formula is C12H16N2O3. The van der Waals surface area contributed by atoms with E-state index in [-0.39, 0.29) is 17.6 Å². The molecule has 1 aliphatic carbocycles. The van der Waals surface area contributed by atoms with E-state index < -0.39 is 0 Å². The van der Waals surface area contributed by atoms with E-state index in [4.69, 9.17) is 0 Å². The summed E-state index contributed by atoms with van der Waals surface area (Å²) < 4.78 is 0. The normalized spacial score (nSPS) is 23.6. The Labute approximate surface area is 98.9 Å². The van der Waals surface area contributed by atoms with Gasteiger partial charge in [-0.1, -0.05) is 0 Å². The quantitative estimate of drug-likeness (QED) is 0.704. The van der Waals surface area contributed by atoms with E-state index in [0.717, 1.165) is 19.3 Å². The Hall–Kier alpha value is -1.62. The number of hydrogen-bond acceptors (Lipinski definition) is 3. The van der Waals surface area contributed by atoms with Crippen molar-refractivity contribution in [3.05, 3.63) is 34.2 Å². The molecule has 5 heteroatoms. The van der Waals surface area contributed by atoms with Gasteiger partial charge in [0.05, 0.1) is 11.7 Å². The largest absolute Gasteiger partial charge is 0.393 e. The summed E-state index contributed by atoms with van der Waals surface area (Å²) in [6.07, 6.45) is 3.71. The number of amides is 1. The van der Waals surface area contributed by atoms with E-state index in [1.165, 1.54) is 18.3 Å². The monoisotopic (exact) mass is 236 g/mol. The number of pyridine rings is 1. The van der Waals surface area contributed by atoms with Gasteiger partial charge in [-0.3, -0.25) is 9.59 Å². The van der Waals surface area contributed by atoms with Gasteiger partial charge in [-0.15, -0.1) is 0 Å². The van der Waals surface area contributed by atoms with Gasteiger partial charge in [0, 0.05) is 18.8 Å². The highest BCUT2D eigenvalue weighted by molar-refractivity contribution is 5.93. The third-order valence-electron chi connectivity index (χ3n) is 3.11. The molecule has 2 rings (SSSR count). The molecule has 0 bridgehead atoms. The van der Waals surface area contributed by atoms with Crippen molar-refractivity contribution in [1.29, 1.82) is 0 Å². The molecule has 2 unspecified atom stereocenters. The Bertz CT molecular complexity index is 435. The summed E-state index contributed by atoms with van der Waals surface area (Å²) in [7, 11) is 0. The molecule has 1 heterocycles. The van der Waals surface area contributed by atoms with Crippen molar-refractivity contribution in [2.45, 2.75) is 25.4 Å². The minimum Gasteiger partial charge on any atom is -0.393 e. The first kappa shape index (κ1) is 11.9. The number of aliphatic hydroxyl groups is 1. The van der Waals surface area contributed by atoms with Crippen LogP contribution in [0.15, 0.2) is 23.1 Å². The van der Waals surface area contributed by atoms with Gasteiger partial charge in [0.2, 0.25) is 5.56 Å². The van der Waals surface area contributed by atoms with Gasteiger partial charge in [-0.05, 0) is 31.2 Å². The lowest BCUT2D eigenvalue weighted by atomic mass is 10.1. The molecule has 92 valence electrons. The van der Waals surface area contributed by atoms with Crippen LogP contribution < -0.4 is 10.9 Å². The lowest BCUT2D eigenvalue weighted by Crippen LogP contribution is -2.29. The minimum absolute atomic E-state index is 0.192. The van der Waals surface area contributed by atoms with Crippen LogP contribution in [0.1, 0.15) is 29.6 Å². The molecule has 0 spiro atoms. The Morgan fingerprint density at radius 3 is 2.88 bits per heavy atom. The second-order valence-electron chi connectivity index (χ2n) is 4.48. The van der Waals surface area contributed by atoms with Crippen molar-refractivity contribution in [3.8, 4) is 0 Å². The number of carbonyl (C=O) groups is 1. The highest BCUT2D eigenvalue weighted by atomic mass is 16.3. The average Bonchev–Trinajstić information content (AvgIpc) is 2.73. The summed E-state index contributed by atoms with van der Waals surface area (Å²) >= 11 is 0. The van der Waals surface area contributed by atoms with Crippen LogP contribution in [0.3, 0.4) is 0 Å². The highest BCUT2D eigenvalue weighted by Gasteiger charge is 2.23. The molecule has 1 aromatic heterocycles. The molecule has 0 radical (unpaired) electrons. The molecule has 1 aliphatic rings. The van der Waals surface area contributed by atoms with Crippen LogP contribution in [0.5, 0.6) is 0 Å². The predicted molar refractivity (Wildman–Crippen MR) is 62.7 cm³/mol. The fourth-order valence-electron chi connectivity index (χ4n) is 2.12. The maximum atomic E-state index is 11.7. The third-order valence-corrected chi connectivity index (χ3v) is 3.11. The highest BCUT2D eigenvalue weighted by Crippen LogP contribution is 2.24. The summed E-state index contributed by atoms with van der Waals surface area (Å²) in [5.74, 6) is 0.166. The zero-order valence-electron chi connectivity index (χ0n) is 9.48. The molecule has 17 heavy (non-hydrogen) atoms. The van der Waals surface area contributed by atoms with Gasteiger partial charge in [0.25, 0.3) is 5.91 Å². The SMILES string of the molecule is O=C(NCC1CCC(O)C1)c1ccc(=O)[nH]c1. The first-order chi connectivity index (χ1) is 8.15. The first-order valence-corrected chi connectivity index (χ1v) is 5.80. The van der Waals surface area contributed by atoms with Crippen molar-refractivity contribution in [3.63, 3.8) is 0 Å². The second kappa shape index (κ2) is 5.14. The molecule has 3 N–H and O–H groups in total. The number of aromatic nitrogens is 1. The number of hydrogen-bond donors (Lipinski definition) is 3. The molecular weight excluding hydrogens is 220 g/mol. The maximum Gasteiger partial charge on any atom is 0.252 e. The minimum atomic E-state index is -0.222. The van der Waals surface area contributed by atoms with Crippen LogP contribution in [0.4, 0.5) is 0 Å². The van der Waals surface area contributed by atoms with E-state index in [0.29, 0.717) is 18.0 Å². The Morgan fingerprint density at radius 1 is 1.47 bits per heavy atom. The van der Waals surface area contributed by atoms with Gasteiger partial charge in [-0.2, -0.15) is 0 Å². The van der Waals surface area contributed by atoms with Crippen molar-refractivity contribution in [1.82, 2.24) is 10.3 Å². The van der Waals surface area contributed by atoms with Gasteiger partial charge >= 0.3 is 0 Å². The summed E-state index contributed by atoms with van der Waals surface area (Å²) in [5, 5.41) is 12.2.